The van der Waals surface area contributed by atoms with Crippen molar-refractivity contribution in [3.05, 3.63) is 52.1 Å². The minimum atomic E-state index is -0.374. The smallest absolute Gasteiger partial charge is 0.261 e. The summed E-state index contributed by atoms with van der Waals surface area (Å²) in [5, 5.41) is 0. The molecule has 0 N–H and O–H groups in total. The van der Waals surface area contributed by atoms with Crippen LogP contribution in [0.2, 0.25) is 0 Å². The fourth-order valence-corrected chi connectivity index (χ4v) is 2.87. The van der Waals surface area contributed by atoms with Crippen molar-refractivity contribution in [2.75, 3.05) is 11.4 Å². The maximum absolute atomic E-state index is 14.1. The highest BCUT2D eigenvalue weighted by Gasteiger charge is 2.27. The number of anilines is 1. The molecule has 0 unspecified atom stereocenters. The van der Waals surface area contributed by atoms with Gasteiger partial charge in [0.15, 0.2) is 0 Å². The molecule has 2 heterocycles. The van der Waals surface area contributed by atoms with Crippen molar-refractivity contribution < 1.29 is 13.6 Å². The molecular formula is C14H11BrFNO2. The second-order valence-electron chi connectivity index (χ2n) is 4.47. The molecule has 5 heteroatoms. The van der Waals surface area contributed by atoms with E-state index >= 15 is 0 Å². The topological polar surface area (TPSA) is 33.5 Å². The number of furan rings is 1. The van der Waals surface area contributed by atoms with Crippen molar-refractivity contribution in [1.29, 1.82) is 0 Å². The Morgan fingerprint density at radius 2 is 2.26 bits per heavy atom. The lowest BCUT2D eigenvalue weighted by Gasteiger charge is -2.29. The van der Waals surface area contributed by atoms with E-state index in [4.69, 9.17) is 4.42 Å². The molecule has 3 nitrogen and oxygen atoms in total. The summed E-state index contributed by atoms with van der Waals surface area (Å²) in [5.41, 5.74) is 1.69. The highest BCUT2D eigenvalue weighted by molar-refractivity contribution is 9.10. The number of hydrogen-bond acceptors (Lipinski definition) is 2. The Hall–Kier alpha value is -1.62. The second-order valence-corrected chi connectivity index (χ2v) is 5.38. The van der Waals surface area contributed by atoms with Crippen molar-refractivity contribution in [2.45, 2.75) is 12.8 Å². The Labute approximate surface area is 118 Å². The number of benzene rings is 1. The molecule has 1 aliphatic rings. The minimum absolute atomic E-state index is 0.226. The summed E-state index contributed by atoms with van der Waals surface area (Å²) in [6.07, 6.45) is 4.43. The fourth-order valence-electron chi connectivity index (χ4n) is 2.40. The van der Waals surface area contributed by atoms with Crippen LogP contribution in [0.3, 0.4) is 0 Å². The number of fused-ring (bicyclic) bond motifs is 1. The molecule has 0 fully saturated rings. The maximum Gasteiger partial charge on any atom is 0.261 e. The van der Waals surface area contributed by atoms with Crippen LogP contribution >= 0.6 is 15.9 Å². The average molecular weight is 324 g/mol. The average Bonchev–Trinajstić information content (AvgIpc) is 2.90. The van der Waals surface area contributed by atoms with Gasteiger partial charge in [-0.1, -0.05) is 15.9 Å². The van der Waals surface area contributed by atoms with Crippen LogP contribution in [0.1, 0.15) is 22.3 Å². The van der Waals surface area contributed by atoms with Gasteiger partial charge in [0.1, 0.15) is 12.1 Å². The zero-order valence-corrected chi connectivity index (χ0v) is 11.6. The van der Waals surface area contributed by atoms with Gasteiger partial charge in [0.25, 0.3) is 5.91 Å². The Bertz CT molecular complexity index is 625. The SMILES string of the molecule is O=C(c1ccoc1)N1CCCc2cc(Br)cc(F)c21. The lowest BCUT2D eigenvalue weighted by atomic mass is 10.0. The Morgan fingerprint density at radius 3 is 3.00 bits per heavy atom. The summed E-state index contributed by atoms with van der Waals surface area (Å²) in [6.45, 7) is 0.523. The molecule has 0 saturated carbocycles. The van der Waals surface area contributed by atoms with E-state index in [0.29, 0.717) is 22.3 Å². The molecule has 0 aliphatic carbocycles. The molecule has 1 aliphatic heterocycles. The van der Waals surface area contributed by atoms with Gasteiger partial charge in [0.05, 0.1) is 17.5 Å². The summed E-state index contributed by atoms with van der Waals surface area (Å²) in [7, 11) is 0. The predicted molar refractivity (Wildman–Crippen MR) is 72.8 cm³/mol. The van der Waals surface area contributed by atoms with Gasteiger partial charge in [-0.25, -0.2) is 4.39 Å². The monoisotopic (exact) mass is 323 g/mol. The van der Waals surface area contributed by atoms with Crippen LogP contribution in [-0.4, -0.2) is 12.5 Å². The first kappa shape index (κ1) is 12.4. The van der Waals surface area contributed by atoms with Crippen LogP contribution < -0.4 is 4.90 Å². The number of aryl methyl sites for hydroxylation is 1. The van der Waals surface area contributed by atoms with Crippen molar-refractivity contribution in [1.82, 2.24) is 0 Å². The van der Waals surface area contributed by atoms with Crippen molar-refractivity contribution >= 4 is 27.5 Å². The zero-order valence-electron chi connectivity index (χ0n) is 10.0. The van der Waals surface area contributed by atoms with Crippen LogP contribution in [0.4, 0.5) is 10.1 Å². The highest BCUT2D eigenvalue weighted by Crippen LogP contribution is 2.33. The van der Waals surface area contributed by atoms with Crippen LogP contribution in [0.5, 0.6) is 0 Å². The Kier molecular flexibility index (Phi) is 3.14. The normalized spacial score (nSPS) is 14.3. The molecular weight excluding hydrogens is 313 g/mol. The molecule has 2 aromatic rings. The molecule has 0 bridgehead atoms. The molecule has 19 heavy (non-hydrogen) atoms. The van der Waals surface area contributed by atoms with E-state index in [1.807, 2.05) is 6.07 Å². The Balaban J connectivity index is 2.05. The first-order chi connectivity index (χ1) is 9.16. The van der Waals surface area contributed by atoms with Gasteiger partial charge in [-0.05, 0) is 36.6 Å². The van der Waals surface area contributed by atoms with Gasteiger partial charge in [0, 0.05) is 11.0 Å². The third kappa shape index (κ3) is 2.18. The summed E-state index contributed by atoms with van der Waals surface area (Å²) >= 11 is 3.28. The van der Waals surface area contributed by atoms with Crippen LogP contribution in [0.15, 0.2) is 39.6 Å². The summed E-state index contributed by atoms with van der Waals surface area (Å²) < 4.78 is 19.7. The van der Waals surface area contributed by atoms with Crippen LogP contribution in [0, 0.1) is 5.82 Å². The van der Waals surface area contributed by atoms with E-state index in [9.17, 15) is 9.18 Å². The van der Waals surface area contributed by atoms with Gasteiger partial charge in [-0.2, -0.15) is 0 Å². The predicted octanol–water partition coefficient (Wildman–Crippen LogP) is 3.77. The van der Waals surface area contributed by atoms with Gasteiger partial charge < -0.3 is 9.32 Å². The third-order valence-electron chi connectivity index (χ3n) is 3.22. The number of halogens is 2. The van der Waals surface area contributed by atoms with Gasteiger partial charge in [-0.15, -0.1) is 0 Å². The van der Waals surface area contributed by atoms with E-state index < -0.39 is 0 Å². The zero-order chi connectivity index (χ0) is 13.4. The fraction of sp³-hybridized carbons (Fsp3) is 0.214. The molecule has 98 valence electrons. The number of carbonyl (C=O) groups excluding carboxylic acids is 1. The molecule has 1 amide bonds. The van der Waals surface area contributed by atoms with E-state index in [0.717, 1.165) is 18.4 Å². The van der Waals surface area contributed by atoms with Crippen molar-refractivity contribution in [2.24, 2.45) is 0 Å². The molecule has 1 aromatic heterocycles. The number of carbonyl (C=O) groups is 1. The molecule has 3 rings (SSSR count). The summed E-state index contributed by atoms with van der Waals surface area (Å²) in [5.74, 6) is -0.600. The first-order valence-electron chi connectivity index (χ1n) is 5.99. The molecule has 0 saturated heterocycles. The maximum atomic E-state index is 14.1. The van der Waals surface area contributed by atoms with E-state index in [-0.39, 0.29) is 11.7 Å². The van der Waals surface area contributed by atoms with Gasteiger partial charge in [0.2, 0.25) is 0 Å². The largest absolute Gasteiger partial charge is 0.472 e. The standard InChI is InChI=1S/C14H11BrFNO2/c15-11-6-9-2-1-4-17(13(9)12(16)7-11)14(18)10-3-5-19-8-10/h3,5-8H,1-2,4H2. The molecule has 0 spiro atoms. The summed E-state index contributed by atoms with van der Waals surface area (Å²) in [6, 6.07) is 4.85. The van der Waals surface area contributed by atoms with E-state index in [2.05, 4.69) is 15.9 Å². The minimum Gasteiger partial charge on any atom is -0.472 e. The number of rotatable bonds is 1. The third-order valence-corrected chi connectivity index (χ3v) is 3.68. The number of nitrogens with zero attached hydrogens (tertiary/aromatic N) is 1. The molecule has 1 aromatic carbocycles. The molecule has 0 radical (unpaired) electrons. The Morgan fingerprint density at radius 1 is 1.42 bits per heavy atom. The van der Waals surface area contributed by atoms with E-state index in [1.54, 1.807) is 6.07 Å². The quantitative estimate of drug-likeness (QED) is 0.800. The number of amides is 1. The summed E-state index contributed by atoms with van der Waals surface area (Å²) in [4.78, 5) is 13.8. The van der Waals surface area contributed by atoms with Gasteiger partial charge in [-0.3, -0.25) is 4.79 Å². The lowest BCUT2D eigenvalue weighted by Crippen LogP contribution is -2.36. The van der Waals surface area contributed by atoms with Gasteiger partial charge >= 0.3 is 0 Å². The van der Waals surface area contributed by atoms with Crippen LogP contribution in [0.25, 0.3) is 0 Å². The number of hydrogen-bond donors (Lipinski definition) is 0. The molecule has 0 atom stereocenters. The van der Waals surface area contributed by atoms with Crippen LogP contribution in [-0.2, 0) is 6.42 Å². The lowest BCUT2D eigenvalue weighted by molar-refractivity contribution is 0.0983. The van der Waals surface area contributed by atoms with Crippen molar-refractivity contribution in [3.63, 3.8) is 0 Å². The second kappa shape index (κ2) is 4.81. The first-order valence-corrected chi connectivity index (χ1v) is 6.78. The highest BCUT2D eigenvalue weighted by atomic mass is 79.9. The van der Waals surface area contributed by atoms with E-state index in [1.165, 1.54) is 23.5 Å². The van der Waals surface area contributed by atoms with Crippen molar-refractivity contribution in [3.8, 4) is 0 Å².